The zero-order chi connectivity index (χ0) is 20.2. The molecule has 1 aliphatic rings. The van der Waals surface area contributed by atoms with Crippen molar-refractivity contribution in [2.45, 2.75) is 31.3 Å². The number of amides is 1. The minimum absolute atomic E-state index is 0.192. The molecule has 150 valence electrons. The van der Waals surface area contributed by atoms with Crippen LogP contribution in [0.25, 0.3) is 16.9 Å². The monoisotopic (exact) mass is 425 g/mol. The van der Waals surface area contributed by atoms with Gasteiger partial charge < -0.3 is 4.90 Å². The van der Waals surface area contributed by atoms with Crippen LogP contribution in [0.1, 0.15) is 24.8 Å². The molecule has 0 radical (unpaired) electrons. The van der Waals surface area contributed by atoms with Crippen molar-refractivity contribution in [3.05, 3.63) is 65.3 Å². The van der Waals surface area contributed by atoms with E-state index in [1.165, 1.54) is 23.7 Å². The Kier molecular flexibility index (Phi) is 6.26. The number of carbonyl (C=O) groups excluding carboxylic acids is 1. The van der Waals surface area contributed by atoms with E-state index in [4.69, 9.17) is 11.6 Å². The lowest BCUT2D eigenvalue weighted by Crippen LogP contribution is -2.36. The molecule has 1 aliphatic heterocycles. The Labute approximate surface area is 180 Å². The van der Waals surface area contributed by atoms with E-state index >= 15 is 0 Å². The third-order valence-corrected chi connectivity index (χ3v) is 6.38. The largest absolute Gasteiger partial charge is 0.342 e. The Morgan fingerprint density at radius 1 is 1.03 bits per heavy atom. The lowest BCUT2D eigenvalue weighted by molar-refractivity contribution is -0.129. The fraction of sp³-hybridized carbons (Fsp3) is 0.304. The van der Waals surface area contributed by atoms with E-state index < -0.39 is 0 Å². The van der Waals surface area contributed by atoms with Gasteiger partial charge in [-0.05, 0) is 50.5 Å². The van der Waals surface area contributed by atoms with Gasteiger partial charge in [0.15, 0.2) is 5.16 Å². The molecule has 29 heavy (non-hydrogen) atoms. The Morgan fingerprint density at radius 2 is 1.72 bits per heavy atom. The number of aryl methyl sites for hydroxylation is 1. The maximum Gasteiger partial charge on any atom is 0.233 e. The van der Waals surface area contributed by atoms with E-state index in [0.717, 1.165) is 48.0 Å². The fourth-order valence-electron chi connectivity index (χ4n) is 3.57. The molecule has 0 atom stereocenters. The van der Waals surface area contributed by atoms with E-state index in [1.54, 1.807) is 0 Å². The molecule has 2 heterocycles. The van der Waals surface area contributed by atoms with Crippen LogP contribution in [0.15, 0.2) is 59.9 Å². The number of likely N-dealkylation sites (tertiary alicyclic amines) is 1. The van der Waals surface area contributed by atoms with Gasteiger partial charge in [-0.15, -0.1) is 0 Å². The molecule has 4 rings (SSSR count). The van der Waals surface area contributed by atoms with Crippen molar-refractivity contribution in [1.29, 1.82) is 0 Å². The molecular weight excluding hydrogens is 402 g/mol. The lowest BCUT2D eigenvalue weighted by atomic mass is 10.1. The Hall–Kier alpha value is -2.24. The van der Waals surface area contributed by atoms with Crippen LogP contribution in [0.3, 0.4) is 0 Å². The molecule has 2 aromatic carbocycles. The number of halogens is 1. The van der Waals surface area contributed by atoms with Crippen LogP contribution in [0.5, 0.6) is 0 Å². The number of piperidine rings is 1. The maximum atomic E-state index is 12.6. The average Bonchev–Trinajstić information content (AvgIpc) is 3.17. The van der Waals surface area contributed by atoms with Crippen LogP contribution in [-0.4, -0.2) is 39.2 Å². The minimum atomic E-state index is 0.192. The molecule has 0 unspecified atom stereocenters. The lowest BCUT2D eigenvalue weighted by Gasteiger charge is -2.26. The Morgan fingerprint density at radius 3 is 2.41 bits per heavy atom. The highest BCUT2D eigenvalue weighted by atomic mass is 35.5. The zero-order valence-electron chi connectivity index (χ0n) is 16.5. The summed E-state index contributed by atoms with van der Waals surface area (Å²) >= 11 is 7.59. The molecular formula is C23H24ClN3OS. The second-order valence-corrected chi connectivity index (χ2v) is 8.71. The summed E-state index contributed by atoms with van der Waals surface area (Å²) in [5, 5.41) is 1.51. The van der Waals surface area contributed by atoms with E-state index in [9.17, 15) is 4.79 Å². The summed E-state index contributed by atoms with van der Waals surface area (Å²) in [6.45, 7) is 3.83. The number of benzene rings is 2. The highest BCUT2D eigenvalue weighted by Gasteiger charge is 2.19. The van der Waals surface area contributed by atoms with Gasteiger partial charge in [-0.1, -0.05) is 53.2 Å². The first-order valence-corrected chi connectivity index (χ1v) is 11.3. The number of imidazole rings is 1. The second kappa shape index (κ2) is 9.06. The van der Waals surface area contributed by atoms with Crippen LogP contribution in [0, 0.1) is 6.92 Å². The number of carbonyl (C=O) groups is 1. The quantitative estimate of drug-likeness (QED) is 0.499. The van der Waals surface area contributed by atoms with Gasteiger partial charge in [0.05, 0.1) is 17.6 Å². The topological polar surface area (TPSA) is 38.1 Å². The van der Waals surface area contributed by atoms with Crippen LogP contribution in [-0.2, 0) is 4.79 Å². The molecule has 4 nitrogen and oxygen atoms in total. The average molecular weight is 426 g/mol. The number of rotatable bonds is 5. The maximum absolute atomic E-state index is 12.6. The molecule has 0 saturated carbocycles. The van der Waals surface area contributed by atoms with Crippen LogP contribution >= 0.6 is 23.4 Å². The molecule has 1 fully saturated rings. The summed E-state index contributed by atoms with van der Waals surface area (Å²) < 4.78 is 2.11. The van der Waals surface area contributed by atoms with Gasteiger partial charge in [0, 0.05) is 29.4 Å². The van der Waals surface area contributed by atoms with Crippen molar-refractivity contribution in [2.24, 2.45) is 0 Å². The zero-order valence-corrected chi connectivity index (χ0v) is 18.0. The van der Waals surface area contributed by atoms with E-state index in [-0.39, 0.29) is 5.91 Å². The SMILES string of the molecule is Cc1ccc(-c2cnc(SCC(=O)N3CCCCC3)n2-c2ccc(Cl)cc2)cc1. The summed E-state index contributed by atoms with van der Waals surface area (Å²) in [6.07, 6.45) is 5.31. The van der Waals surface area contributed by atoms with Crippen molar-refractivity contribution in [3.63, 3.8) is 0 Å². The fourth-order valence-corrected chi connectivity index (χ4v) is 4.59. The summed E-state index contributed by atoms with van der Waals surface area (Å²) in [4.78, 5) is 19.3. The van der Waals surface area contributed by atoms with Gasteiger partial charge >= 0.3 is 0 Å². The summed E-state index contributed by atoms with van der Waals surface area (Å²) in [7, 11) is 0. The predicted octanol–water partition coefficient (Wildman–Crippen LogP) is 5.61. The number of hydrogen-bond donors (Lipinski definition) is 0. The van der Waals surface area contributed by atoms with Gasteiger partial charge in [-0.2, -0.15) is 0 Å². The Bertz CT molecular complexity index is 976. The Balaban J connectivity index is 1.63. The van der Waals surface area contributed by atoms with Gasteiger partial charge in [0.1, 0.15) is 0 Å². The van der Waals surface area contributed by atoms with Gasteiger partial charge in [0.2, 0.25) is 5.91 Å². The van der Waals surface area contributed by atoms with Crippen LogP contribution in [0.2, 0.25) is 5.02 Å². The second-order valence-electron chi connectivity index (χ2n) is 7.33. The van der Waals surface area contributed by atoms with Gasteiger partial charge in [-0.25, -0.2) is 4.98 Å². The summed E-state index contributed by atoms with van der Waals surface area (Å²) in [5.74, 6) is 0.593. The predicted molar refractivity (Wildman–Crippen MR) is 120 cm³/mol. The van der Waals surface area contributed by atoms with Gasteiger partial charge in [-0.3, -0.25) is 9.36 Å². The first-order chi connectivity index (χ1) is 14.1. The first-order valence-electron chi connectivity index (χ1n) is 9.93. The number of thioether (sulfide) groups is 1. The molecule has 1 aromatic heterocycles. The van der Waals surface area contributed by atoms with Crippen molar-refractivity contribution in [1.82, 2.24) is 14.5 Å². The molecule has 0 aliphatic carbocycles. The van der Waals surface area contributed by atoms with Crippen molar-refractivity contribution in [3.8, 4) is 16.9 Å². The number of aromatic nitrogens is 2. The standard InChI is InChI=1S/C23H24ClN3OS/c1-17-5-7-18(8-6-17)21-15-25-23(27(21)20-11-9-19(24)10-12-20)29-16-22(28)26-13-3-2-4-14-26/h5-12,15H,2-4,13-14,16H2,1H3. The number of hydrogen-bond acceptors (Lipinski definition) is 3. The van der Waals surface area contributed by atoms with Crippen LogP contribution in [0.4, 0.5) is 0 Å². The van der Waals surface area contributed by atoms with E-state index in [2.05, 4.69) is 40.7 Å². The molecule has 0 N–H and O–H groups in total. The van der Waals surface area contributed by atoms with Crippen molar-refractivity contribution in [2.75, 3.05) is 18.8 Å². The smallest absolute Gasteiger partial charge is 0.233 e. The van der Waals surface area contributed by atoms with E-state index in [1.807, 2.05) is 35.4 Å². The van der Waals surface area contributed by atoms with Gasteiger partial charge in [0.25, 0.3) is 0 Å². The molecule has 1 saturated heterocycles. The summed E-state index contributed by atoms with van der Waals surface area (Å²) in [5.41, 5.74) is 4.29. The highest BCUT2D eigenvalue weighted by molar-refractivity contribution is 7.99. The molecule has 6 heteroatoms. The third kappa shape index (κ3) is 4.68. The summed E-state index contributed by atoms with van der Waals surface area (Å²) in [6, 6.07) is 16.1. The van der Waals surface area contributed by atoms with Crippen LogP contribution < -0.4 is 0 Å². The molecule has 0 bridgehead atoms. The normalized spacial score (nSPS) is 14.2. The van der Waals surface area contributed by atoms with Crippen molar-refractivity contribution < 1.29 is 4.79 Å². The third-order valence-electron chi connectivity index (χ3n) is 5.20. The molecule has 3 aromatic rings. The molecule has 1 amide bonds. The first kappa shape index (κ1) is 20.0. The van der Waals surface area contributed by atoms with E-state index in [0.29, 0.717) is 10.8 Å². The van der Waals surface area contributed by atoms with Crippen molar-refractivity contribution >= 4 is 29.3 Å². The minimum Gasteiger partial charge on any atom is -0.342 e. The highest BCUT2D eigenvalue weighted by Crippen LogP contribution is 2.31. The number of nitrogens with zero attached hydrogens (tertiary/aromatic N) is 3. The molecule has 0 spiro atoms.